The van der Waals surface area contributed by atoms with Gasteiger partial charge in [0.05, 0.1) is 6.10 Å². The van der Waals surface area contributed by atoms with Crippen molar-refractivity contribution in [3.8, 4) is 0 Å². The van der Waals surface area contributed by atoms with Crippen LogP contribution in [0.5, 0.6) is 0 Å². The fourth-order valence-electron chi connectivity index (χ4n) is 9.48. The first-order chi connectivity index (χ1) is 20.4. The number of hydrogen-bond acceptors (Lipinski definition) is 1. The highest BCUT2D eigenvalue weighted by Gasteiger charge is 2.47. The van der Waals surface area contributed by atoms with Crippen molar-refractivity contribution in [2.75, 3.05) is 6.61 Å². The maximum Gasteiger partial charge on any atom is 0.134 e. The maximum atomic E-state index is 15.6. The van der Waals surface area contributed by atoms with Crippen LogP contribution in [0.2, 0.25) is 0 Å². The third-order valence-electron chi connectivity index (χ3n) is 12.4. The average Bonchev–Trinajstić information content (AvgIpc) is 3.01. The van der Waals surface area contributed by atoms with Crippen LogP contribution in [0.1, 0.15) is 155 Å². The molecule has 4 aliphatic rings. The monoisotopic (exact) mass is 600 g/mol. The van der Waals surface area contributed by atoms with Crippen molar-refractivity contribution in [1.29, 1.82) is 0 Å². The molecule has 0 aromatic heterocycles. The number of ether oxygens (including phenoxy) is 1. The van der Waals surface area contributed by atoms with E-state index in [4.69, 9.17) is 4.74 Å². The molecule has 0 spiro atoms. The van der Waals surface area contributed by atoms with Crippen LogP contribution in [-0.4, -0.2) is 37.4 Å². The average molecular weight is 601 g/mol. The van der Waals surface area contributed by atoms with Crippen LogP contribution in [0.3, 0.4) is 0 Å². The Hall–Kier alpha value is -0.320. The molecule has 4 fully saturated rings. The number of hydrogen-bond donors (Lipinski definition) is 0. The fourth-order valence-corrected chi connectivity index (χ4v) is 9.48. The topological polar surface area (TPSA) is 9.23 Å². The normalized spacial score (nSPS) is 41.6. The van der Waals surface area contributed by atoms with E-state index in [2.05, 4.69) is 13.8 Å². The van der Waals surface area contributed by atoms with Crippen LogP contribution in [0.15, 0.2) is 0 Å². The molecule has 0 amide bonds. The Bertz CT molecular complexity index is 719. The molecule has 1 nitrogen and oxygen atoms in total. The number of alkyl halides is 4. The standard InChI is InChI=1S/C37H64F4O/c1-3-5-7-8-9-10-29-17-18-30(35(39)34(29)38)16-13-26-11-14-27(15-12-26)32-23-24-33(37(41)36(32)40)28-19-21-31(22-20-28)42-25-6-4-2/h26-37H,3-25H2,1-2H3. The molecule has 4 aliphatic carbocycles. The second kappa shape index (κ2) is 18.0. The number of halogens is 4. The minimum Gasteiger partial charge on any atom is -0.378 e. The van der Waals surface area contributed by atoms with Crippen molar-refractivity contribution in [2.24, 2.45) is 41.4 Å². The molecule has 246 valence electrons. The molecule has 0 N–H and O–H groups in total. The molecule has 4 saturated carbocycles. The molecule has 8 unspecified atom stereocenters. The highest BCUT2D eigenvalue weighted by molar-refractivity contribution is 4.96. The van der Waals surface area contributed by atoms with Gasteiger partial charge in [0.1, 0.15) is 24.7 Å². The van der Waals surface area contributed by atoms with E-state index < -0.39 is 24.7 Å². The van der Waals surface area contributed by atoms with Gasteiger partial charge in [0.25, 0.3) is 0 Å². The molecule has 0 heterocycles. The second-order valence-corrected chi connectivity index (χ2v) is 15.1. The van der Waals surface area contributed by atoms with Gasteiger partial charge in [-0.25, -0.2) is 17.6 Å². The minimum atomic E-state index is -1.32. The Morgan fingerprint density at radius 1 is 0.476 bits per heavy atom. The quantitative estimate of drug-likeness (QED) is 0.134. The molecule has 42 heavy (non-hydrogen) atoms. The van der Waals surface area contributed by atoms with Crippen LogP contribution in [0, 0.1) is 41.4 Å². The lowest BCUT2D eigenvalue weighted by Gasteiger charge is -2.44. The Balaban J connectivity index is 1.12. The summed E-state index contributed by atoms with van der Waals surface area (Å²) in [7, 11) is 0. The van der Waals surface area contributed by atoms with Crippen molar-refractivity contribution < 1.29 is 22.3 Å². The van der Waals surface area contributed by atoms with E-state index in [1.54, 1.807) is 0 Å². The zero-order chi connectivity index (χ0) is 29.9. The summed E-state index contributed by atoms with van der Waals surface area (Å²) in [5, 5.41) is 0. The van der Waals surface area contributed by atoms with Crippen molar-refractivity contribution in [2.45, 2.75) is 186 Å². The molecule has 5 heteroatoms. The second-order valence-electron chi connectivity index (χ2n) is 15.1. The fraction of sp³-hybridized carbons (Fsp3) is 1.00. The van der Waals surface area contributed by atoms with Crippen molar-refractivity contribution in [1.82, 2.24) is 0 Å². The number of rotatable bonds is 15. The minimum absolute atomic E-state index is 0.0871. The van der Waals surface area contributed by atoms with E-state index in [9.17, 15) is 4.39 Å². The van der Waals surface area contributed by atoms with Gasteiger partial charge in [0.15, 0.2) is 0 Å². The SMILES string of the molecule is CCCCCCCC1CCC(CCC2CCC(C3CCC(C4CCC(OCCCC)CC4)C(F)C3F)CC2)C(F)C1F. The summed E-state index contributed by atoms with van der Waals surface area (Å²) in [5.74, 6) is 0.660. The summed E-state index contributed by atoms with van der Waals surface area (Å²) in [6.07, 6.45) is 17.1. The van der Waals surface area contributed by atoms with E-state index in [0.29, 0.717) is 17.9 Å². The predicted molar refractivity (Wildman–Crippen MR) is 167 cm³/mol. The third-order valence-corrected chi connectivity index (χ3v) is 12.4. The van der Waals surface area contributed by atoms with Crippen LogP contribution in [0.25, 0.3) is 0 Å². The van der Waals surface area contributed by atoms with Gasteiger partial charge in [-0.05, 0) is 125 Å². The zero-order valence-electron chi connectivity index (χ0n) is 27.1. The lowest BCUT2D eigenvalue weighted by atomic mass is 9.63. The van der Waals surface area contributed by atoms with Crippen molar-refractivity contribution >= 4 is 0 Å². The zero-order valence-corrected chi connectivity index (χ0v) is 27.1. The van der Waals surface area contributed by atoms with E-state index >= 15 is 13.2 Å². The van der Waals surface area contributed by atoms with Crippen LogP contribution in [-0.2, 0) is 4.74 Å². The van der Waals surface area contributed by atoms with Crippen LogP contribution < -0.4 is 0 Å². The first-order valence-electron chi connectivity index (χ1n) is 18.6. The van der Waals surface area contributed by atoms with Crippen LogP contribution >= 0.6 is 0 Å². The highest BCUT2D eigenvalue weighted by Crippen LogP contribution is 2.48. The van der Waals surface area contributed by atoms with E-state index in [1.807, 2.05) is 0 Å². The smallest absolute Gasteiger partial charge is 0.134 e. The molecule has 0 aromatic rings. The summed E-state index contributed by atoms with van der Waals surface area (Å²) in [4.78, 5) is 0. The van der Waals surface area contributed by atoms with E-state index in [-0.39, 0.29) is 29.6 Å². The summed E-state index contributed by atoms with van der Waals surface area (Å²) in [6.45, 7) is 5.19. The van der Waals surface area contributed by atoms with Gasteiger partial charge < -0.3 is 4.74 Å². The van der Waals surface area contributed by atoms with Crippen molar-refractivity contribution in [3.63, 3.8) is 0 Å². The molecule has 0 aromatic carbocycles. The molecule has 0 aliphatic heterocycles. The highest BCUT2D eigenvalue weighted by atomic mass is 19.2. The largest absolute Gasteiger partial charge is 0.378 e. The van der Waals surface area contributed by atoms with Gasteiger partial charge in [0, 0.05) is 6.61 Å². The molecular weight excluding hydrogens is 536 g/mol. The molecular formula is C37H64F4O. The summed E-state index contributed by atoms with van der Waals surface area (Å²) < 4.78 is 67.1. The van der Waals surface area contributed by atoms with Gasteiger partial charge in [-0.3, -0.25) is 0 Å². The Labute approximate surface area is 256 Å². The molecule has 4 rings (SSSR count). The van der Waals surface area contributed by atoms with Gasteiger partial charge >= 0.3 is 0 Å². The number of unbranched alkanes of at least 4 members (excludes halogenated alkanes) is 5. The Morgan fingerprint density at radius 2 is 1.00 bits per heavy atom. The molecule has 0 saturated heterocycles. The van der Waals surface area contributed by atoms with Gasteiger partial charge in [-0.1, -0.05) is 71.6 Å². The van der Waals surface area contributed by atoms with E-state index in [1.165, 1.54) is 19.3 Å². The van der Waals surface area contributed by atoms with Crippen molar-refractivity contribution in [3.05, 3.63) is 0 Å². The Morgan fingerprint density at radius 3 is 1.57 bits per heavy atom. The molecule has 8 atom stereocenters. The van der Waals surface area contributed by atoms with Crippen LogP contribution in [0.4, 0.5) is 17.6 Å². The Kier molecular flexibility index (Phi) is 14.8. The lowest BCUT2D eigenvalue weighted by Crippen LogP contribution is -2.45. The summed E-state index contributed by atoms with van der Waals surface area (Å²) in [6, 6.07) is 0. The predicted octanol–water partition coefficient (Wildman–Crippen LogP) is 11.7. The summed E-state index contributed by atoms with van der Waals surface area (Å²) in [5.41, 5.74) is 0. The summed E-state index contributed by atoms with van der Waals surface area (Å²) >= 11 is 0. The van der Waals surface area contributed by atoms with Gasteiger partial charge in [-0.2, -0.15) is 0 Å². The van der Waals surface area contributed by atoms with Gasteiger partial charge in [0.2, 0.25) is 0 Å². The first-order valence-corrected chi connectivity index (χ1v) is 18.6. The van der Waals surface area contributed by atoms with E-state index in [0.717, 1.165) is 129 Å². The lowest BCUT2D eigenvalue weighted by molar-refractivity contribution is -0.0488. The maximum absolute atomic E-state index is 15.6. The van der Waals surface area contributed by atoms with Gasteiger partial charge in [-0.15, -0.1) is 0 Å². The first kappa shape index (κ1) is 34.6. The third kappa shape index (κ3) is 9.59. The molecule has 0 radical (unpaired) electrons. The molecule has 0 bridgehead atoms.